The van der Waals surface area contributed by atoms with Gasteiger partial charge in [0, 0.05) is 11.8 Å². The van der Waals surface area contributed by atoms with Crippen LogP contribution in [0.1, 0.15) is 29.6 Å². The molecule has 0 unspecified atom stereocenters. The Morgan fingerprint density at radius 3 is 2.88 bits per heavy atom. The minimum Gasteiger partial charge on any atom is -0.489 e. The number of ether oxygens (including phenoxy) is 1. The second-order valence-electron chi connectivity index (χ2n) is 4.40. The number of para-hydroxylation sites is 1. The summed E-state index contributed by atoms with van der Waals surface area (Å²) in [5.41, 5.74) is 0.0785. The van der Waals surface area contributed by atoms with Crippen molar-refractivity contribution in [1.82, 2.24) is 0 Å². The molecule has 0 amide bonds. The molecule has 0 atom stereocenters. The summed E-state index contributed by atoms with van der Waals surface area (Å²) in [6, 6.07) is 6.34. The summed E-state index contributed by atoms with van der Waals surface area (Å²) in [6.07, 6.45) is 2.83. The zero-order valence-electron chi connectivity index (χ0n) is 9.28. The third kappa shape index (κ3) is 2.44. The fourth-order valence-electron chi connectivity index (χ4n) is 1.71. The Labute approximate surface area is 98.8 Å². The zero-order chi connectivity index (χ0) is 12.3. The van der Waals surface area contributed by atoms with Crippen LogP contribution in [0.3, 0.4) is 0 Å². The van der Waals surface area contributed by atoms with Gasteiger partial charge in [-0.05, 0) is 25.0 Å². The highest BCUT2D eigenvalue weighted by molar-refractivity contribution is 5.79. The second-order valence-corrected chi connectivity index (χ2v) is 4.40. The van der Waals surface area contributed by atoms with Gasteiger partial charge < -0.3 is 4.74 Å². The van der Waals surface area contributed by atoms with Gasteiger partial charge in [0.25, 0.3) is 0 Å². The molecule has 0 aliphatic heterocycles. The number of halogens is 1. The lowest BCUT2D eigenvalue weighted by Gasteiger charge is -2.14. The van der Waals surface area contributed by atoms with Crippen LogP contribution >= 0.6 is 0 Å². The highest BCUT2D eigenvalue weighted by Gasteiger charge is 2.43. The van der Waals surface area contributed by atoms with Crippen LogP contribution < -0.4 is 4.74 Å². The van der Waals surface area contributed by atoms with Crippen molar-refractivity contribution in [2.24, 2.45) is 5.41 Å². The average molecular weight is 233 g/mol. The van der Waals surface area contributed by atoms with Crippen molar-refractivity contribution in [1.29, 1.82) is 5.26 Å². The standard InChI is InChI=1S/C13H12FNO2/c14-11-3-1-2-10(8-16)12(11)17-9-13(4-5-13)6-7-15/h1-3,8H,4-6,9H2. The first kappa shape index (κ1) is 11.6. The first-order valence-corrected chi connectivity index (χ1v) is 5.44. The van der Waals surface area contributed by atoms with Gasteiger partial charge in [-0.2, -0.15) is 5.26 Å². The smallest absolute Gasteiger partial charge is 0.165 e. The molecule has 1 aliphatic carbocycles. The van der Waals surface area contributed by atoms with Gasteiger partial charge in [-0.1, -0.05) is 6.07 Å². The van der Waals surface area contributed by atoms with Crippen molar-refractivity contribution < 1.29 is 13.9 Å². The topological polar surface area (TPSA) is 50.1 Å². The molecule has 3 nitrogen and oxygen atoms in total. The van der Waals surface area contributed by atoms with E-state index in [4.69, 9.17) is 10.00 Å². The maximum Gasteiger partial charge on any atom is 0.165 e. The number of benzene rings is 1. The minimum atomic E-state index is -0.539. The van der Waals surface area contributed by atoms with Crippen LogP contribution in [0, 0.1) is 22.6 Å². The summed E-state index contributed by atoms with van der Waals surface area (Å²) in [5, 5.41) is 8.66. The summed E-state index contributed by atoms with van der Waals surface area (Å²) in [5.74, 6) is -0.547. The van der Waals surface area contributed by atoms with E-state index in [0.717, 1.165) is 12.8 Å². The number of nitrogens with zero attached hydrogens (tertiary/aromatic N) is 1. The number of carbonyl (C=O) groups is 1. The monoisotopic (exact) mass is 233 g/mol. The van der Waals surface area contributed by atoms with Gasteiger partial charge in [-0.15, -0.1) is 0 Å². The van der Waals surface area contributed by atoms with Crippen LogP contribution in [-0.2, 0) is 0 Å². The Hall–Kier alpha value is -1.89. The average Bonchev–Trinajstić information content (AvgIpc) is 3.08. The molecule has 0 bridgehead atoms. The molecule has 1 saturated carbocycles. The quantitative estimate of drug-likeness (QED) is 0.735. The highest BCUT2D eigenvalue weighted by atomic mass is 19.1. The number of rotatable bonds is 5. The van der Waals surface area contributed by atoms with Gasteiger partial charge in [-0.25, -0.2) is 4.39 Å². The lowest BCUT2D eigenvalue weighted by molar-refractivity contribution is 0.111. The Morgan fingerprint density at radius 1 is 1.53 bits per heavy atom. The number of hydrogen-bond donors (Lipinski definition) is 0. The van der Waals surface area contributed by atoms with Gasteiger partial charge in [0.05, 0.1) is 18.2 Å². The SMILES string of the molecule is N#CCC1(COc2c(F)cccc2C=O)CC1. The molecule has 0 aromatic heterocycles. The van der Waals surface area contributed by atoms with Crippen molar-refractivity contribution in [3.8, 4) is 11.8 Å². The highest BCUT2D eigenvalue weighted by Crippen LogP contribution is 2.48. The van der Waals surface area contributed by atoms with E-state index in [1.165, 1.54) is 18.2 Å². The molecule has 2 rings (SSSR count). The molecular formula is C13H12FNO2. The van der Waals surface area contributed by atoms with Crippen LogP contribution in [0.15, 0.2) is 18.2 Å². The van der Waals surface area contributed by atoms with E-state index >= 15 is 0 Å². The van der Waals surface area contributed by atoms with Gasteiger partial charge >= 0.3 is 0 Å². The molecular weight excluding hydrogens is 221 g/mol. The number of hydrogen-bond acceptors (Lipinski definition) is 3. The van der Waals surface area contributed by atoms with Crippen molar-refractivity contribution in [3.05, 3.63) is 29.6 Å². The van der Waals surface area contributed by atoms with E-state index in [-0.39, 0.29) is 16.7 Å². The summed E-state index contributed by atoms with van der Waals surface area (Å²) in [6.45, 7) is 0.294. The number of nitriles is 1. The minimum absolute atomic E-state index is 0.00767. The van der Waals surface area contributed by atoms with Gasteiger partial charge in [-0.3, -0.25) is 4.79 Å². The van der Waals surface area contributed by atoms with Gasteiger partial charge in [0.2, 0.25) is 0 Å². The molecule has 17 heavy (non-hydrogen) atoms. The molecule has 0 saturated heterocycles. The van der Waals surface area contributed by atoms with E-state index in [1.807, 2.05) is 0 Å². The second kappa shape index (κ2) is 4.54. The van der Waals surface area contributed by atoms with Crippen molar-refractivity contribution in [3.63, 3.8) is 0 Å². The molecule has 1 aliphatic rings. The summed E-state index contributed by atoms with van der Waals surface area (Å²) in [7, 11) is 0. The van der Waals surface area contributed by atoms with E-state index in [1.54, 1.807) is 0 Å². The first-order chi connectivity index (χ1) is 8.21. The molecule has 4 heteroatoms. The Morgan fingerprint density at radius 2 is 2.29 bits per heavy atom. The Bertz CT molecular complexity index is 475. The van der Waals surface area contributed by atoms with E-state index in [2.05, 4.69) is 6.07 Å². The first-order valence-electron chi connectivity index (χ1n) is 5.44. The van der Waals surface area contributed by atoms with Crippen LogP contribution in [0.4, 0.5) is 4.39 Å². The lowest BCUT2D eigenvalue weighted by atomic mass is 10.1. The van der Waals surface area contributed by atoms with Crippen molar-refractivity contribution >= 4 is 6.29 Å². The van der Waals surface area contributed by atoms with Gasteiger partial charge in [0.1, 0.15) is 0 Å². The number of aldehydes is 1. The van der Waals surface area contributed by atoms with Crippen molar-refractivity contribution in [2.45, 2.75) is 19.3 Å². The predicted octanol–water partition coefficient (Wildman–Crippen LogP) is 2.71. The fourth-order valence-corrected chi connectivity index (χ4v) is 1.71. The molecule has 1 aromatic carbocycles. The summed E-state index contributed by atoms with van der Waals surface area (Å²) >= 11 is 0. The molecule has 1 fully saturated rings. The molecule has 1 aromatic rings. The van der Waals surface area contributed by atoms with Crippen LogP contribution in [0.2, 0.25) is 0 Å². The summed E-state index contributed by atoms with van der Waals surface area (Å²) < 4.78 is 18.9. The lowest BCUT2D eigenvalue weighted by Crippen LogP contribution is -2.14. The molecule has 0 N–H and O–H groups in total. The zero-order valence-corrected chi connectivity index (χ0v) is 9.28. The molecule has 0 heterocycles. The third-order valence-electron chi connectivity index (χ3n) is 3.06. The Kier molecular flexibility index (Phi) is 3.10. The van der Waals surface area contributed by atoms with Gasteiger partial charge in [0.15, 0.2) is 17.9 Å². The maximum atomic E-state index is 13.5. The normalized spacial score (nSPS) is 16.0. The van der Waals surface area contributed by atoms with E-state index < -0.39 is 5.82 Å². The largest absolute Gasteiger partial charge is 0.489 e. The third-order valence-corrected chi connectivity index (χ3v) is 3.06. The molecule has 88 valence electrons. The van der Waals surface area contributed by atoms with E-state index in [0.29, 0.717) is 19.3 Å². The maximum absolute atomic E-state index is 13.5. The Balaban J connectivity index is 2.09. The predicted molar refractivity (Wildman–Crippen MR) is 59.2 cm³/mol. The van der Waals surface area contributed by atoms with Crippen LogP contribution in [0.5, 0.6) is 5.75 Å². The fraction of sp³-hybridized carbons (Fsp3) is 0.385. The van der Waals surface area contributed by atoms with Crippen molar-refractivity contribution in [2.75, 3.05) is 6.61 Å². The molecule has 0 spiro atoms. The van der Waals surface area contributed by atoms with E-state index in [9.17, 15) is 9.18 Å². The molecule has 0 radical (unpaired) electrons. The number of carbonyl (C=O) groups excluding carboxylic acids is 1. The van der Waals surface area contributed by atoms with Crippen LogP contribution in [-0.4, -0.2) is 12.9 Å². The van der Waals surface area contributed by atoms with Crippen LogP contribution in [0.25, 0.3) is 0 Å². The summed E-state index contributed by atoms with van der Waals surface area (Å²) in [4.78, 5) is 10.7.